The van der Waals surface area contributed by atoms with E-state index in [1.165, 1.54) is 0 Å². The van der Waals surface area contributed by atoms with E-state index in [1.54, 1.807) is 0 Å². The van der Waals surface area contributed by atoms with Gasteiger partial charge >= 0.3 is 0 Å². The minimum absolute atomic E-state index is 0.559. The number of thiocarbonyl (C=S) groups is 1. The molecule has 0 aliphatic heterocycles. The predicted octanol–water partition coefficient (Wildman–Crippen LogP) is 5.02. The van der Waals surface area contributed by atoms with Crippen molar-refractivity contribution in [3.8, 4) is 0 Å². The van der Waals surface area contributed by atoms with E-state index in [0.29, 0.717) is 5.11 Å². The molecule has 0 fully saturated rings. The largest absolute Gasteiger partial charge is 0.332 e. The molecule has 0 amide bonds. The lowest BCUT2D eigenvalue weighted by molar-refractivity contribution is 1.55. The van der Waals surface area contributed by atoms with Gasteiger partial charge < -0.3 is 10.6 Å². The third-order valence-electron chi connectivity index (χ3n) is 2.21. The number of nitrogens with one attached hydrogen (secondary N) is 2. The van der Waals surface area contributed by atoms with Crippen molar-refractivity contribution < 1.29 is 0 Å². The molecule has 0 radical (unpaired) electrons. The smallest absolute Gasteiger partial charge is 0.175 e. The maximum atomic E-state index is 5.26. The van der Waals surface area contributed by atoms with Crippen molar-refractivity contribution in [2.45, 2.75) is 0 Å². The summed E-state index contributed by atoms with van der Waals surface area (Å²) in [7, 11) is 0. The van der Waals surface area contributed by atoms with Gasteiger partial charge in [0.05, 0.1) is 5.69 Å². The Balaban J connectivity index is 2.03. The molecule has 0 aromatic heterocycles. The Bertz CT molecular complexity index is 558. The Labute approximate surface area is 128 Å². The van der Waals surface area contributed by atoms with E-state index in [1.807, 2.05) is 48.5 Å². The van der Waals surface area contributed by atoms with Crippen LogP contribution in [0.5, 0.6) is 0 Å². The summed E-state index contributed by atoms with van der Waals surface area (Å²) < 4.78 is 1.97. The Morgan fingerprint density at radius 1 is 0.944 bits per heavy atom. The second-order valence-electron chi connectivity index (χ2n) is 3.57. The predicted molar refractivity (Wildman–Crippen MR) is 88.1 cm³/mol. The van der Waals surface area contributed by atoms with Gasteiger partial charge in [0.15, 0.2) is 5.11 Å². The molecule has 0 unspecified atom stereocenters. The van der Waals surface area contributed by atoms with E-state index >= 15 is 0 Å². The first kappa shape index (κ1) is 13.5. The quantitative estimate of drug-likeness (QED) is 0.709. The monoisotopic (exact) mass is 384 g/mol. The van der Waals surface area contributed by atoms with Crippen molar-refractivity contribution in [2.24, 2.45) is 0 Å². The average molecular weight is 386 g/mol. The molecule has 5 heteroatoms. The number of rotatable bonds is 2. The summed E-state index contributed by atoms with van der Waals surface area (Å²) in [6, 6.07) is 15.7. The lowest BCUT2D eigenvalue weighted by Crippen LogP contribution is -2.19. The number of para-hydroxylation sites is 1. The molecule has 0 saturated carbocycles. The summed E-state index contributed by atoms with van der Waals surface area (Å²) in [6.07, 6.45) is 0. The average Bonchev–Trinajstić information content (AvgIpc) is 2.34. The molecule has 0 bridgehead atoms. The fourth-order valence-electron chi connectivity index (χ4n) is 1.40. The first-order chi connectivity index (χ1) is 8.65. The maximum Gasteiger partial charge on any atom is 0.175 e. The molecule has 92 valence electrons. The first-order valence-electron chi connectivity index (χ1n) is 5.23. The number of hydrogen-bond acceptors (Lipinski definition) is 1. The first-order valence-corrected chi connectivity index (χ1v) is 7.23. The summed E-state index contributed by atoms with van der Waals surface area (Å²) >= 11 is 12.1. The molecule has 0 spiro atoms. The van der Waals surface area contributed by atoms with Crippen LogP contribution in [0.15, 0.2) is 57.5 Å². The van der Waals surface area contributed by atoms with Gasteiger partial charge in [-0.25, -0.2) is 0 Å². The topological polar surface area (TPSA) is 24.1 Å². The van der Waals surface area contributed by atoms with Crippen LogP contribution >= 0.6 is 44.1 Å². The third-order valence-corrected chi connectivity index (χ3v) is 3.56. The zero-order valence-electron chi connectivity index (χ0n) is 9.28. The van der Waals surface area contributed by atoms with E-state index in [2.05, 4.69) is 42.5 Å². The Kier molecular flexibility index (Phi) is 4.74. The summed E-state index contributed by atoms with van der Waals surface area (Å²) in [5.41, 5.74) is 1.88. The molecule has 0 aliphatic carbocycles. The van der Waals surface area contributed by atoms with Crippen LogP contribution in [0.1, 0.15) is 0 Å². The van der Waals surface area contributed by atoms with Crippen LogP contribution in [-0.4, -0.2) is 5.11 Å². The second kappa shape index (κ2) is 6.31. The highest BCUT2D eigenvalue weighted by Gasteiger charge is 2.03. The molecule has 2 aromatic carbocycles. The van der Waals surface area contributed by atoms with Gasteiger partial charge in [0.1, 0.15) is 0 Å². The fraction of sp³-hybridized carbons (Fsp3) is 0. The molecule has 2 rings (SSSR count). The Morgan fingerprint density at radius 2 is 1.67 bits per heavy atom. The molecule has 0 aliphatic rings. The molecular formula is C13H10Br2N2S. The summed E-state index contributed by atoms with van der Waals surface area (Å²) in [6.45, 7) is 0. The SMILES string of the molecule is S=C(Nc1ccccc1)Nc1ccc(Br)cc1Br. The normalized spacial score (nSPS) is 9.89. The van der Waals surface area contributed by atoms with E-state index in [4.69, 9.17) is 12.2 Å². The highest BCUT2D eigenvalue weighted by Crippen LogP contribution is 2.26. The van der Waals surface area contributed by atoms with E-state index in [9.17, 15) is 0 Å². The van der Waals surface area contributed by atoms with E-state index in [-0.39, 0.29) is 0 Å². The number of halogens is 2. The lowest BCUT2D eigenvalue weighted by atomic mass is 10.3. The van der Waals surface area contributed by atoms with Gasteiger partial charge in [0.25, 0.3) is 0 Å². The van der Waals surface area contributed by atoms with Crippen molar-refractivity contribution in [3.05, 3.63) is 57.5 Å². The molecular weight excluding hydrogens is 376 g/mol. The number of benzene rings is 2. The van der Waals surface area contributed by atoms with Gasteiger partial charge in [-0.3, -0.25) is 0 Å². The fourth-order valence-corrected chi connectivity index (χ4v) is 2.77. The summed E-state index contributed by atoms with van der Waals surface area (Å²) in [4.78, 5) is 0. The van der Waals surface area contributed by atoms with Crippen LogP contribution in [-0.2, 0) is 0 Å². The lowest BCUT2D eigenvalue weighted by Gasteiger charge is -2.12. The van der Waals surface area contributed by atoms with Crippen LogP contribution in [0.3, 0.4) is 0 Å². The van der Waals surface area contributed by atoms with Crippen molar-refractivity contribution in [2.75, 3.05) is 10.6 Å². The number of anilines is 2. The zero-order chi connectivity index (χ0) is 13.0. The standard InChI is InChI=1S/C13H10Br2N2S/c14-9-6-7-12(11(15)8-9)17-13(18)16-10-4-2-1-3-5-10/h1-8H,(H2,16,17,18). The van der Waals surface area contributed by atoms with Crippen molar-refractivity contribution in [1.29, 1.82) is 0 Å². The van der Waals surface area contributed by atoms with E-state index < -0.39 is 0 Å². The third kappa shape index (κ3) is 3.80. The van der Waals surface area contributed by atoms with Crippen LogP contribution in [0.25, 0.3) is 0 Å². The van der Waals surface area contributed by atoms with E-state index in [0.717, 1.165) is 20.3 Å². The second-order valence-corrected chi connectivity index (χ2v) is 5.75. The molecule has 0 heterocycles. The zero-order valence-corrected chi connectivity index (χ0v) is 13.3. The minimum atomic E-state index is 0.559. The van der Waals surface area contributed by atoms with Crippen LogP contribution < -0.4 is 10.6 Å². The Hall–Kier alpha value is -0.910. The molecule has 0 atom stereocenters. The number of hydrogen-bond donors (Lipinski definition) is 2. The van der Waals surface area contributed by atoms with Crippen molar-refractivity contribution >= 4 is 60.6 Å². The molecule has 18 heavy (non-hydrogen) atoms. The van der Waals surface area contributed by atoms with Crippen molar-refractivity contribution in [3.63, 3.8) is 0 Å². The van der Waals surface area contributed by atoms with Crippen LogP contribution in [0, 0.1) is 0 Å². The van der Waals surface area contributed by atoms with Crippen LogP contribution in [0.2, 0.25) is 0 Å². The molecule has 2 nitrogen and oxygen atoms in total. The van der Waals surface area contributed by atoms with Gasteiger partial charge in [-0.05, 0) is 58.5 Å². The molecule has 2 N–H and O–H groups in total. The van der Waals surface area contributed by atoms with Crippen LogP contribution in [0.4, 0.5) is 11.4 Å². The van der Waals surface area contributed by atoms with Gasteiger partial charge in [-0.1, -0.05) is 34.1 Å². The highest BCUT2D eigenvalue weighted by molar-refractivity contribution is 9.11. The maximum absolute atomic E-state index is 5.26. The summed E-state index contributed by atoms with van der Waals surface area (Å²) in [5, 5.41) is 6.82. The highest BCUT2D eigenvalue weighted by atomic mass is 79.9. The minimum Gasteiger partial charge on any atom is -0.332 e. The Morgan fingerprint density at radius 3 is 2.33 bits per heavy atom. The molecule has 0 saturated heterocycles. The van der Waals surface area contributed by atoms with Gasteiger partial charge in [0, 0.05) is 14.6 Å². The van der Waals surface area contributed by atoms with Gasteiger partial charge in [0.2, 0.25) is 0 Å². The van der Waals surface area contributed by atoms with Crippen molar-refractivity contribution in [1.82, 2.24) is 0 Å². The van der Waals surface area contributed by atoms with Gasteiger partial charge in [-0.15, -0.1) is 0 Å². The van der Waals surface area contributed by atoms with Gasteiger partial charge in [-0.2, -0.15) is 0 Å². The molecule has 2 aromatic rings. The summed E-state index contributed by atoms with van der Waals surface area (Å²) in [5.74, 6) is 0.